The average molecular weight is 310 g/mol. The van der Waals surface area contributed by atoms with E-state index in [1.807, 2.05) is 0 Å². The number of alkyl halides is 3. The lowest BCUT2D eigenvalue weighted by atomic mass is 10.1. The van der Waals surface area contributed by atoms with E-state index in [4.69, 9.17) is 5.11 Å². The standard InChI is InChI=1S/C13H9F3N4O2/c14-13(15,16)22-9-3-1-8(2-4-9)10-5-6-11-17-18-12(7-21)20(11)19-10/h1-6,21H,7H2. The smallest absolute Gasteiger partial charge is 0.406 e. The van der Waals surface area contributed by atoms with Crippen LogP contribution in [0.5, 0.6) is 5.75 Å². The quantitative estimate of drug-likeness (QED) is 0.803. The number of halogens is 3. The van der Waals surface area contributed by atoms with E-state index in [1.54, 1.807) is 12.1 Å². The molecular formula is C13H9F3N4O2. The summed E-state index contributed by atoms with van der Waals surface area (Å²) in [4.78, 5) is 0. The number of aromatic nitrogens is 4. The first-order valence-electron chi connectivity index (χ1n) is 6.15. The molecule has 1 N–H and O–H groups in total. The first kappa shape index (κ1) is 14.3. The highest BCUT2D eigenvalue weighted by Crippen LogP contribution is 2.25. The van der Waals surface area contributed by atoms with Gasteiger partial charge in [-0.05, 0) is 36.4 Å². The molecule has 0 aliphatic heterocycles. The molecule has 2 aromatic heterocycles. The predicted octanol–water partition coefficient (Wildman–Crippen LogP) is 2.18. The molecule has 3 rings (SSSR count). The number of hydrogen-bond acceptors (Lipinski definition) is 5. The van der Waals surface area contributed by atoms with Crippen molar-refractivity contribution in [2.75, 3.05) is 0 Å². The van der Waals surface area contributed by atoms with Crippen molar-refractivity contribution in [3.05, 3.63) is 42.2 Å². The van der Waals surface area contributed by atoms with E-state index in [0.29, 0.717) is 16.9 Å². The van der Waals surface area contributed by atoms with Gasteiger partial charge in [0.1, 0.15) is 12.4 Å². The summed E-state index contributed by atoms with van der Waals surface area (Å²) in [6.45, 7) is -0.323. The fourth-order valence-corrected chi connectivity index (χ4v) is 1.91. The van der Waals surface area contributed by atoms with Crippen LogP contribution in [0.2, 0.25) is 0 Å². The highest BCUT2D eigenvalue weighted by Gasteiger charge is 2.30. The van der Waals surface area contributed by atoms with Crippen LogP contribution in [-0.2, 0) is 6.61 Å². The van der Waals surface area contributed by atoms with Crippen LogP contribution in [0.3, 0.4) is 0 Å². The highest BCUT2D eigenvalue weighted by atomic mass is 19.4. The van der Waals surface area contributed by atoms with Gasteiger partial charge in [0.2, 0.25) is 0 Å². The zero-order chi connectivity index (χ0) is 15.7. The van der Waals surface area contributed by atoms with E-state index in [9.17, 15) is 13.2 Å². The monoisotopic (exact) mass is 310 g/mol. The van der Waals surface area contributed by atoms with Gasteiger partial charge in [-0.2, -0.15) is 9.61 Å². The lowest BCUT2D eigenvalue weighted by molar-refractivity contribution is -0.274. The van der Waals surface area contributed by atoms with Crippen molar-refractivity contribution >= 4 is 5.65 Å². The summed E-state index contributed by atoms with van der Waals surface area (Å²) in [6.07, 6.45) is -4.73. The number of hydrogen-bond donors (Lipinski definition) is 1. The molecule has 0 spiro atoms. The fraction of sp³-hybridized carbons (Fsp3) is 0.154. The Morgan fingerprint density at radius 2 is 1.77 bits per heavy atom. The molecule has 0 saturated carbocycles. The van der Waals surface area contributed by atoms with Crippen molar-refractivity contribution in [2.45, 2.75) is 13.0 Å². The zero-order valence-corrected chi connectivity index (χ0v) is 10.9. The van der Waals surface area contributed by atoms with Crippen LogP contribution in [0.1, 0.15) is 5.82 Å². The Hall–Kier alpha value is -2.68. The number of benzene rings is 1. The lowest BCUT2D eigenvalue weighted by Crippen LogP contribution is -2.16. The van der Waals surface area contributed by atoms with Crippen LogP contribution in [0.4, 0.5) is 13.2 Å². The van der Waals surface area contributed by atoms with Gasteiger partial charge in [-0.1, -0.05) is 0 Å². The van der Waals surface area contributed by atoms with Crippen molar-refractivity contribution in [3.63, 3.8) is 0 Å². The van der Waals surface area contributed by atoms with Gasteiger partial charge in [0.05, 0.1) is 5.69 Å². The van der Waals surface area contributed by atoms with Crippen molar-refractivity contribution in [3.8, 4) is 17.0 Å². The van der Waals surface area contributed by atoms with Crippen LogP contribution in [0.15, 0.2) is 36.4 Å². The molecule has 9 heteroatoms. The van der Waals surface area contributed by atoms with E-state index in [2.05, 4.69) is 20.0 Å². The topological polar surface area (TPSA) is 72.5 Å². The maximum absolute atomic E-state index is 12.1. The summed E-state index contributed by atoms with van der Waals surface area (Å²) in [5.41, 5.74) is 1.55. The lowest BCUT2D eigenvalue weighted by Gasteiger charge is -2.09. The normalized spacial score (nSPS) is 11.8. The first-order valence-corrected chi connectivity index (χ1v) is 6.15. The van der Waals surface area contributed by atoms with E-state index in [0.717, 1.165) is 0 Å². The van der Waals surface area contributed by atoms with Crippen LogP contribution in [-0.4, -0.2) is 31.3 Å². The molecule has 0 aliphatic rings. The van der Waals surface area contributed by atoms with Crippen LogP contribution < -0.4 is 4.74 Å². The fourth-order valence-electron chi connectivity index (χ4n) is 1.91. The molecule has 2 heterocycles. The molecule has 6 nitrogen and oxygen atoms in total. The van der Waals surface area contributed by atoms with Crippen molar-refractivity contribution < 1.29 is 23.0 Å². The molecule has 0 saturated heterocycles. The minimum Gasteiger partial charge on any atom is -0.406 e. The second-order valence-corrected chi connectivity index (χ2v) is 4.34. The molecule has 0 atom stereocenters. The van der Waals surface area contributed by atoms with Gasteiger partial charge < -0.3 is 9.84 Å². The Morgan fingerprint density at radius 1 is 1.05 bits per heavy atom. The average Bonchev–Trinajstić information content (AvgIpc) is 2.88. The van der Waals surface area contributed by atoms with Gasteiger partial charge >= 0.3 is 6.36 Å². The van der Waals surface area contributed by atoms with Gasteiger partial charge in [-0.15, -0.1) is 23.4 Å². The minimum atomic E-state index is -4.73. The number of ether oxygens (including phenoxy) is 1. The van der Waals surface area contributed by atoms with Crippen molar-refractivity contribution in [2.24, 2.45) is 0 Å². The molecule has 0 unspecified atom stereocenters. The Bertz CT molecular complexity index is 799. The Balaban J connectivity index is 1.93. The van der Waals surface area contributed by atoms with E-state index < -0.39 is 6.36 Å². The molecule has 0 amide bonds. The number of aliphatic hydroxyl groups excluding tert-OH is 1. The van der Waals surface area contributed by atoms with E-state index in [-0.39, 0.29) is 18.2 Å². The zero-order valence-electron chi connectivity index (χ0n) is 10.9. The summed E-state index contributed by atoms with van der Waals surface area (Å²) in [7, 11) is 0. The molecular weight excluding hydrogens is 301 g/mol. The summed E-state index contributed by atoms with van der Waals surface area (Å²) < 4.78 is 41.5. The van der Waals surface area contributed by atoms with Gasteiger partial charge in [-0.3, -0.25) is 0 Å². The number of rotatable bonds is 3. The van der Waals surface area contributed by atoms with Crippen LogP contribution in [0.25, 0.3) is 16.9 Å². The number of nitrogens with zero attached hydrogens (tertiary/aromatic N) is 4. The maximum atomic E-state index is 12.1. The molecule has 0 fully saturated rings. The van der Waals surface area contributed by atoms with Crippen LogP contribution in [0, 0.1) is 0 Å². The first-order chi connectivity index (χ1) is 10.5. The summed E-state index contributed by atoms with van der Waals surface area (Å²) in [5.74, 6) is -0.0356. The predicted molar refractivity (Wildman–Crippen MR) is 68.8 cm³/mol. The van der Waals surface area contributed by atoms with Gasteiger partial charge in [-0.25, -0.2) is 0 Å². The molecule has 0 radical (unpaired) electrons. The Labute approximate surface area is 121 Å². The SMILES string of the molecule is OCc1nnc2ccc(-c3ccc(OC(F)(F)F)cc3)nn12. The molecule has 0 aliphatic carbocycles. The second-order valence-electron chi connectivity index (χ2n) is 4.34. The maximum Gasteiger partial charge on any atom is 0.573 e. The molecule has 3 aromatic rings. The highest BCUT2D eigenvalue weighted by molar-refractivity contribution is 5.61. The second kappa shape index (κ2) is 5.26. The largest absolute Gasteiger partial charge is 0.573 e. The Morgan fingerprint density at radius 3 is 2.41 bits per heavy atom. The molecule has 22 heavy (non-hydrogen) atoms. The van der Waals surface area contributed by atoms with Crippen molar-refractivity contribution in [1.29, 1.82) is 0 Å². The third-order valence-electron chi connectivity index (χ3n) is 2.85. The number of aliphatic hydroxyl groups is 1. The molecule has 0 bridgehead atoms. The third kappa shape index (κ3) is 2.84. The van der Waals surface area contributed by atoms with E-state index >= 15 is 0 Å². The third-order valence-corrected chi connectivity index (χ3v) is 2.85. The van der Waals surface area contributed by atoms with Crippen molar-refractivity contribution in [1.82, 2.24) is 19.8 Å². The summed E-state index contributed by atoms with van der Waals surface area (Å²) in [6, 6.07) is 8.62. The molecule has 114 valence electrons. The van der Waals surface area contributed by atoms with Gasteiger partial charge in [0.25, 0.3) is 0 Å². The molecule has 1 aromatic carbocycles. The van der Waals surface area contributed by atoms with Gasteiger partial charge in [0, 0.05) is 5.56 Å². The van der Waals surface area contributed by atoms with E-state index in [1.165, 1.54) is 28.8 Å². The Kier molecular flexibility index (Phi) is 3.41. The summed E-state index contributed by atoms with van der Waals surface area (Å²) >= 11 is 0. The summed E-state index contributed by atoms with van der Waals surface area (Å²) in [5, 5.41) is 21.0. The minimum absolute atomic E-state index is 0.272. The number of fused-ring (bicyclic) bond motifs is 1. The van der Waals surface area contributed by atoms with Gasteiger partial charge in [0.15, 0.2) is 11.5 Å². The van der Waals surface area contributed by atoms with Crippen LogP contribution >= 0.6 is 0 Å².